The molecular formula is C9H22. The first-order valence-corrected chi connectivity index (χ1v) is 4.18. The maximum Gasteiger partial charge on any atom is -0.0422 e. The summed E-state index contributed by atoms with van der Waals surface area (Å²) in [5.41, 5.74) is 0. The van der Waals surface area contributed by atoms with Gasteiger partial charge in [0.25, 0.3) is 0 Å². The van der Waals surface area contributed by atoms with Crippen LogP contribution in [0.4, 0.5) is 0 Å². The highest BCUT2D eigenvalue weighted by atomic mass is 14.1. The molecule has 0 heterocycles. The molecule has 0 spiro atoms. The molecule has 58 valence electrons. The molecule has 0 aromatic carbocycles. The molecule has 0 N–H and O–H groups in total. The quantitative estimate of drug-likeness (QED) is 0.534. The highest BCUT2D eigenvalue weighted by molar-refractivity contribution is 4.52. The Hall–Kier alpha value is 0. The lowest BCUT2D eigenvalue weighted by atomic mass is 9.96. The van der Waals surface area contributed by atoms with Crippen molar-refractivity contribution in [1.29, 1.82) is 0 Å². The van der Waals surface area contributed by atoms with E-state index in [1.54, 1.807) is 0 Å². The molecular weight excluding hydrogens is 108 g/mol. The van der Waals surface area contributed by atoms with E-state index in [2.05, 4.69) is 27.7 Å². The third kappa shape index (κ3) is 8.00. The van der Waals surface area contributed by atoms with Crippen molar-refractivity contribution in [2.45, 2.75) is 48.0 Å². The fraction of sp³-hybridized carbons (Fsp3) is 1.00. The summed E-state index contributed by atoms with van der Waals surface area (Å²) in [5, 5.41) is 0. The van der Waals surface area contributed by atoms with Crippen LogP contribution >= 0.6 is 0 Å². The zero-order chi connectivity index (χ0) is 7.86. The fourth-order valence-corrected chi connectivity index (χ4v) is 0.471. The van der Waals surface area contributed by atoms with E-state index in [4.69, 9.17) is 0 Å². The molecule has 0 heteroatoms. The van der Waals surface area contributed by atoms with Crippen LogP contribution < -0.4 is 0 Å². The Bertz CT molecular complexity index is 37.3. The topological polar surface area (TPSA) is 0 Å². The Balaban J connectivity index is 0. The van der Waals surface area contributed by atoms with Gasteiger partial charge in [-0.1, -0.05) is 48.0 Å². The lowest BCUT2D eigenvalue weighted by molar-refractivity contribution is 0.407. The fourth-order valence-electron chi connectivity index (χ4n) is 0.471. The summed E-state index contributed by atoms with van der Waals surface area (Å²) in [4.78, 5) is 0. The summed E-state index contributed by atoms with van der Waals surface area (Å²) >= 11 is 0. The van der Waals surface area contributed by atoms with E-state index >= 15 is 0 Å². The summed E-state index contributed by atoms with van der Waals surface area (Å²) in [6.07, 6.45) is 1.32. The molecule has 0 saturated carbocycles. The van der Waals surface area contributed by atoms with Crippen molar-refractivity contribution >= 4 is 0 Å². The summed E-state index contributed by atoms with van der Waals surface area (Å²) in [5.74, 6) is 1.77. The lowest BCUT2D eigenvalue weighted by Crippen LogP contribution is -2.00. The van der Waals surface area contributed by atoms with Gasteiger partial charge < -0.3 is 0 Å². The lowest BCUT2D eigenvalue weighted by Gasteiger charge is -2.10. The normalized spacial score (nSPS) is 12.3. The molecule has 0 aliphatic rings. The van der Waals surface area contributed by atoms with Crippen LogP contribution in [-0.4, -0.2) is 0 Å². The van der Waals surface area contributed by atoms with Crippen molar-refractivity contribution in [2.75, 3.05) is 0 Å². The summed E-state index contributed by atoms with van der Waals surface area (Å²) in [7, 11) is 0. The third-order valence-electron chi connectivity index (χ3n) is 1.78. The van der Waals surface area contributed by atoms with Crippen LogP contribution in [0.2, 0.25) is 0 Å². The van der Waals surface area contributed by atoms with Crippen molar-refractivity contribution in [3.8, 4) is 0 Å². The SMILES string of the molecule is CC.CCC(C)C(C)C. The van der Waals surface area contributed by atoms with Gasteiger partial charge >= 0.3 is 0 Å². The Morgan fingerprint density at radius 2 is 1.33 bits per heavy atom. The molecule has 0 aromatic heterocycles. The van der Waals surface area contributed by atoms with Crippen LogP contribution in [0.3, 0.4) is 0 Å². The minimum Gasteiger partial charge on any atom is -0.0683 e. The van der Waals surface area contributed by atoms with Gasteiger partial charge in [-0.05, 0) is 11.8 Å². The maximum atomic E-state index is 2.30. The Morgan fingerprint density at radius 1 is 1.00 bits per heavy atom. The first kappa shape index (κ1) is 11.8. The first-order chi connectivity index (χ1) is 4.18. The van der Waals surface area contributed by atoms with Crippen molar-refractivity contribution in [3.63, 3.8) is 0 Å². The summed E-state index contributed by atoms with van der Waals surface area (Å²) in [6, 6.07) is 0. The molecule has 0 aromatic rings. The molecule has 9 heavy (non-hydrogen) atoms. The second kappa shape index (κ2) is 8.00. The largest absolute Gasteiger partial charge is 0.0683 e. The molecule has 1 unspecified atom stereocenters. The monoisotopic (exact) mass is 130 g/mol. The van der Waals surface area contributed by atoms with E-state index in [0.717, 1.165) is 11.8 Å². The Kier molecular flexibility index (Phi) is 10.4. The van der Waals surface area contributed by atoms with Gasteiger partial charge in [0.2, 0.25) is 0 Å². The molecule has 0 amide bonds. The van der Waals surface area contributed by atoms with Crippen molar-refractivity contribution in [2.24, 2.45) is 11.8 Å². The Morgan fingerprint density at radius 3 is 1.33 bits per heavy atom. The van der Waals surface area contributed by atoms with Crippen LogP contribution in [0.15, 0.2) is 0 Å². The van der Waals surface area contributed by atoms with E-state index < -0.39 is 0 Å². The number of hydrogen-bond acceptors (Lipinski definition) is 0. The standard InChI is InChI=1S/C7H16.C2H6/c1-5-7(4)6(2)3;1-2/h6-7H,5H2,1-4H3;1-2H3. The maximum absolute atomic E-state index is 2.30. The van der Waals surface area contributed by atoms with Gasteiger partial charge in [-0.3, -0.25) is 0 Å². The highest BCUT2D eigenvalue weighted by Crippen LogP contribution is 2.11. The molecule has 0 bridgehead atoms. The van der Waals surface area contributed by atoms with Crippen molar-refractivity contribution in [3.05, 3.63) is 0 Å². The minimum absolute atomic E-state index is 0.866. The average molecular weight is 130 g/mol. The zero-order valence-electron chi connectivity index (χ0n) is 7.86. The second-order valence-electron chi connectivity index (χ2n) is 2.63. The molecule has 0 radical (unpaired) electrons. The third-order valence-corrected chi connectivity index (χ3v) is 1.78. The van der Waals surface area contributed by atoms with Crippen LogP contribution in [0.25, 0.3) is 0 Å². The van der Waals surface area contributed by atoms with Gasteiger partial charge in [-0.15, -0.1) is 0 Å². The molecule has 0 aliphatic heterocycles. The Labute approximate surface area is 60.7 Å². The highest BCUT2D eigenvalue weighted by Gasteiger charge is 2.01. The van der Waals surface area contributed by atoms with Crippen LogP contribution in [0.1, 0.15) is 48.0 Å². The molecule has 0 saturated heterocycles. The van der Waals surface area contributed by atoms with Crippen LogP contribution in [-0.2, 0) is 0 Å². The zero-order valence-corrected chi connectivity index (χ0v) is 7.86. The van der Waals surface area contributed by atoms with Gasteiger partial charge in [-0.25, -0.2) is 0 Å². The average Bonchev–Trinajstić information content (AvgIpc) is 1.91. The predicted molar refractivity (Wildman–Crippen MR) is 45.6 cm³/mol. The summed E-state index contributed by atoms with van der Waals surface area (Å²) < 4.78 is 0. The van der Waals surface area contributed by atoms with E-state index in [1.807, 2.05) is 13.8 Å². The summed E-state index contributed by atoms with van der Waals surface area (Å²) in [6.45, 7) is 13.1. The smallest absolute Gasteiger partial charge is 0.0422 e. The molecule has 0 fully saturated rings. The molecule has 1 atom stereocenters. The van der Waals surface area contributed by atoms with E-state index in [0.29, 0.717) is 0 Å². The van der Waals surface area contributed by atoms with Gasteiger partial charge in [0.15, 0.2) is 0 Å². The van der Waals surface area contributed by atoms with Gasteiger partial charge in [0.05, 0.1) is 0 Å². The van der Waals surface area contributed by atoms with E-state index in [1.165, 1.54) is 6.42 Å². The molecule has 0 nitrogen and oxygen atoms in total. The molecule has 0 rings (SSSR count). The van der Waals surface area contributed by atoms with Gasteiger partial charge in [0.1, 0.15) is 0 Å². The number of hydrogen-bond donors (Lipinski definition) is 0. The number of rotatable bonds is 2. The van der Waals surface area contributed by atoms with E-state index in [-0.39, 0.29) is 0 Å². The predicted octanol–water partition coefficient (Wildman–Crippen LogP) is 3.71. The van der Waals surface area contributed by atoms with Crippen LogP contribution in [0.5, 0.6) is 0 Å². The minimum atomic E-state index is 0.866. The molecule has 0 aliphatic carbocycles. The van der Waals surface area contributed by atoms with Gasteiger partial charge in [0, 0.05) is 0 Å². The van der Waals surface area contributed by atoms with E-state index in [9.17, 15) is 0 Å². The van der Waals surface area contributed by atoms with Crippen LogP contribution in [0, 0.1) is 11.8 Å². The van der Waals surface area contributed by atoms with Gasteiger partial charge in [-0.2, -0.15) is 0 Å². The second-order valence-corrected chi connectivity index (χ2v) is 2.63. The van der Waals surface area contributed by atoms with Crippen molar-refractivity contribution < 1.29 is 0 Å². The van der Waals surface area contributed by atoms with Crippen molar-refractivity contribution in [1.82, 2.24) is 0 Å². The first-order valence-electron chi connectivity index (χ1n) is 4.18.